The summed E-state index contributed by atoms with van der Waals surface area (Å²) in [7, 11) is 0. The topological polar surface area (TPSA) is 63.3 Å². The molecule has 1 aliphatic rings. The molecule has 0 radical (unpaired) electrons. The third kappa shape index (κ3) is 3.78. The van der Waals surface area contributed by atoms with Gasteiger partial charge in [-0.25, -0.2) is 0 Å². The van der Waals surface area contributed by atoms with E-state index in [4.69, 9.17) is 10.8 Å². The Morgan fingerprint density at radius 1 is 1.44 bits per heavy atom. The van der Waals surface area contributed by atoms with Gasteiger partial charge in [0, 0.05) is 0 Å². The zero-order chi connectivity index (χ0) is 12.0. The van der Waals surface area contributed by atoms with Crippen LogP contribution in [0.5, 0.6) is 0 Å². The molecule has 0 heterocycles. The van der Waals surface area contributed by atoms with Gasteiger partial charge < -0.3 is 10.8 Å². The van der Waals surface area contributed by atoms with Crippen molar-refractivity contribution in [2.75, 3.05) is 6.54 Å². The number of carboxylic acids is 1. The van der Waals surface area contributed by atoms with Crippen LogP contribution in [0, 0.1) is 11.3 Å². The van der Waals surface area contributed by atoms with Crippen LogP contribution >= 0.6 is 0 Å². The summed E-state index contributed by atoms with van der Waals surface area (Å²) in [6.07, 6.45) is 8.34. The van der Waals surface area contributed by atoms with Crippen molar-refractivity contribution in [1.82, 2.24) is 0 Å². The summed E-state index contributed by atoms with van der Waals surface area (Å²) in [6, 6.07) is 0. The fourth-order valence-electron chi connectivity index (χ4n) is 3.02. The average Bonchev–Trinajstić information content (AvgIpc) is 2.42. The molecular weight excluding hydrogens is 202 g/mol. The maximum atomic E-state index is 10.9. The predicted molar refractivity (Wildman–Crippen MR) is 65.2 cm³/mol. The molecule has 1 aliphatic carbocycles. The molecule has 0 spiro atoms. The highest BCUT2D eigenvalue weighted by molar-refractivity contribution is 5.67. The number of nitrogens with two attached hydrogens (primary N) is 1. The van der Waals surface area contributed by atoms with Gasteiger partial charge in [-0.15, -0.1) is 0 Å². The summed E-state index contributed by atoms with van der Waals surface area (Å²) in [6.45, 7) is 2.75. The molecule has 0 aromatic carbocycles. The number of rotatable bonds is 5. The molecule has 0 aromatic rings. The Balaban J connectivity index is 2.57. The maximum Gasteiger partial charge on any atom is 0.303 e. The van der Waals surface area contributed by atoms with Gasteiger partial charge in [0.2, 0.25) is 0 Å². The van der Waals surface area contributed by atoms with Gasteiger partial charge in [0.15, 0.2) is 0 Å². The first kappa shape index (κ1) is 13.5. The minimum atomic E-state index is -0.695. The fraction of sp³-hybridized carbons (Fsp3) is 0.923. The van der Waals surface area contributed by atoms with E-state index in [0.717, 1.165) is 25.2 Å². The van der Waals surface area contributed by atoms with Crippen molar-refractivity contribution in [3.8, 4) is 0 Å². The second-order valence-corrected chi connectivity index (χ2v) is 5.36. The van der Waals surface area contributed by atoms with E-state index in [-0.39, 0.29) is 11.8 Å². The van der Waals surface area contributed by atoms with Gasteiger partial charge in [-0.05, 0) is 37.1 Å². The molecule has 2 unspecified atom stereocenters. The lowest BCUT2D eigenvalue weighted by atomic mass is 9.77. The zero-order valence-corrected chi connectivity index (χ0v) is 10.4. The van der Waals surface area contributed by atoms with E-state index >= 15 is 0 Å². The zero-order valence-electron chi connectivity index (χ0n) is 10.4. The summed E-state index contributed by atoms with van der Waals surface area (Å²) in [5.41, 5.74) is 5.70. The number of carboxylic acid groups (broad SMARTS) is 1. The van der Waals surface area contributed by atoms with E-state index < -0.39 is 5.97 Å². The summed E-state index contributed by atoms with van der Waals surface area (Å²) in [5.74, 6) is 0.103. The fourth-order valence-corrected chi connectivity index (χ4v) is 3.02. The molecule has 1 rings (SSSR count). The minimum absolute atomic E-state index is 0.117. The van der Waals surface area contributed by atoms with Crippen LogP contribution in [0.2, 0.25) is 0 Å². The molecule has 0 aromatic heterocycles. The monoisotopic (exact) mass is 227 g/mol. The quantitative estimate of drug-likeness (QED) is 0.710. The molecule has 3 nitrogen and oxygen atoms in total. The first-order chi connectivity index (χ1) is 7.62. The Bertz CT molecular complexity index is 230. The minimum Gasteiger partial charge on any atom is -0.481 e. The van der Waals surface area contributed by atoms with Crippen LogP contribution in [-0.2, 0) is 4.79 Å². The van der Waals surface area contributed by atoms with Crippen molar-refractivity contribution in [3.05, 3.63) is 0 Å². The van der Waals surface area contributed by atoms with E-state index in [1.807, 2.05) is 0 Å². The van der Waals surface area contributed by atoms with Gasteiger partial charge in [0.25, 0.3) is 0 Å². The van der Waals surface area contributed by atoms with E-state index in [9.17, 15) is 4.79 Å². The predicted octanol–water partition coefficient (Wildman–Crippen LogP) is 2.79. The molecule has 1 saturated carbocycles. The Hall–Kier alpha value is -0.570. The van der Waals surface area contributed by atoms with Crippen LogP contribution in [0.4, 0.5) is 0 Å². The molecule has 2 atom stereocenters. The number of hydrogen-bond acceptors (Lipinski definition) is 2. The highest BCUT2D eigenvalue weighted by Crippen LogP contribution is 2.40. The molecule has 0 saturated heterocycles. The Kier molecular flexibility index (Phi) is 5.26. The Morgan fingerprint density at radius 3 is 2.75 bits per heavy atom. The van der Waals surface area contributed by atoms with E-state index in [1.165, 1.54) is 25.7 Å². The highest BCUT2D eigenvalue weighted by atomic mass is 16.4. The lowest BCUT2D eigenvalue weighted by Crippen LogP contribution is -2.32. The summed E-state index contributed by atoms with van der Waals surface area (Å²) in [5, 5.41) is 8.97. The van der Waals surface area contributed by atoms with Gasteiger partial charge in [-0.3, -0.25) is 4.79 Å². The van der Waals surface area contributed by atoms with Gasteiger partial charge in [0.05, 0.1) is 6.42 Å². The van der Waals surface area contributed by atoms with Crippen LogP contribution in [0.15, 0.2) is 0 Å². The second kappa shape index (κ2) is 6.24. The number of carbonyl (C=O) groups is 1. The summed E-state index contributed by atoms with van der Waals surface area (Å²) in [4.78, 5) is 10.9. The molecule has 1 fully saturated rings. The normalized spacial score (nSPS) is 31.0. The van der Waals surface area contributed by atoms with Crippen molar-refractivity contribution >= 4 is 5.97 Å². The summed E-state index contributed by atoms with van der Waals surface area (Å²) < 4.78 is 0. The number of aliphatic carboxylic acids is 1. The maximum absolute atomic E-state index is 10.9. The Labute approximate surface area is 98.4 Å². The first-order valence-electron chi connectivity index (χ1n) is 6.54. The molecule has 0 amide bonds. The molecule has 16 heavy (non-hydrogen) atoms. The van der Waals surface area contributed by atoms with Crippen molar-refractivity contribution in [2.24, 2.45) is 17.1 Å². The van der Waals surface area contributed by atoms with Gasteiger partial charge in [-0.1, -0.05) is 32.6 Å². The third-order valence-corrected chi connectivity index (χ3v) is 4.06. The highest BCUT2D eigenvalue weighted by Gasteiger charge is 2.33. The van der Waals surface area contributed by atoms with Crippen molar-refractivity contribution < 1.29 is 9.90 Å². The van der Waals surface area contributed by atoms with Gasteiger partial charge in [0.1, 0.15) is 0 Å². The molecule has 3 N–H and O–H groups in total. The number of hydrogen-bond donors (Lipinski definition) is 2. The van der Waals surface area contributed by atoms with Crippen LogP contribution in [-0.4, -0.2) is 17.6 Å². The lowest BCUT2D eigenvalue weighted by Gasteiger charge is -2.29. The summed E-state index contributed by atoms with van der Waals surface area (Å²) >= 11 is 0. The van der Waals surface area contributed by atoms with E-state index in [2.05, 4.69) is 6.92 Å². The molecule has 0 aliphatic heterocycles. The molecular formula is C13H25NO2. The van der Waals surface area contributed by atoms with Gasteiger partial charge in [-0.2, -0.15) is 0 Å². The van der Waals surface area contributed by atoms with E-state index in [1.54, 1.807) is 0 Å². The first-order valence-corrected chi connectivity index (χ1v) is 6.54. The van der Waals surface area contributed by atoms with Crippen molar-refractivity contribution in [2.45, 2.75) is 58.3 Å². The third-order valence-electron chi connectivity index (χ3n) is 4.06. The van der Waals surface area contributed by atoms with Gasteiger partial charge >= 0.3 is 5.97 Å². The Morgan fingerprint density at radius 2 is 2.19 bits per heavy atom. The molecule has 3 heteroatoms. The molecule has 0 bridgehead atoms. The largest absolute Gasteiger partial charge is 0.481 e. The lowest BCUT2D eigenvalue weighted by molar-refractivity contribution is -0.139. The van der Waals surface area contributed by atoms with Crippen LogP contribution in [0.3, 0.4) is 0 Å². The van der Waals surface area contributed by atoms with Crippen molar-refractivity contribution in [3.63, 3.8) is 0 Å². The average molecular weight is 227 g/mol. The SMILES string of the molecule is CCCC1CCCC(CN)(CC(=O)O)CC1. The van der Waals surface area contributed by atoms with Crippen molar-refractivity contribution in [1.29, 1.82) is 0 Å². The molecule has 94 valence electrons. The van der Waals surface area contributed by atoms with Crippen LogP contribution in [0.1, 0.15) is 58.3 Å². The van der Waals surface area contributed by atoms with Crippen LogP contribution in [0.25, 0.3) is 0 Å². The second-order valence-electron chi connectivity index (χ2n) is 5.36. The smallest absolute Gasteiger partial charge is 0.303 e. The van der Waals surface area contributed by atoms with E-state index in [0.29, 0.717) is 6.54 Å². The van der Waals surface area contributed by atoms with Crippen LogP contribution < -0.4 is 5.73 Å². The standard InChI is InChI=1S/C13H25NO2/c1-2-4-11-5-3-7-13(10-14,8-6-11)9-12(15)16/h11H,2-10,14H2,1H3,(H,15,16).